The molecule has 1 atom stereocenters. The molecular formula is C44H29N4S+. The minimum absolute atomic E-state index is 0.571. The van der Waals surface area contributed by atoms with Crippen LogP contribution in [-0.2, 0) is 0 Å². The number of rotatable bonds is 4. The zero-order valence-electron chi connectivity index (χ0n) is 26.7. The van der Waals surface area contributed by atoms with E-state index in [2.05, 4.69) is 104 Å². The lowest BCUT2D eigenvalue weighted by atomic mass is 9.95. The smallest absolute Gasteiger partial charge is 0.169 e. The first kappa shape index (κ1) is 28.0. The number of thiophene rings is 1. The van der Waals surface area contributed by atoms with E-state index in [4.69, 9.17) is 15.0 Å². The molecular weight excluding hydrogens is 617 g/mol. The molecule has 9 aromatic rings. The number of fused-ring (bicyclic) bond motifs is 10. The summed E-state index contributed by atoms with van der Waals surface area (Å²) in [6.45, 7) is 0. The van der Waals surface area contributed by atoms with Crippen LogP contribution in [0.25, 0.3) is 76.2 Å². The lowest BCUT2D eigenvalue weighted by Gasteiger charge is -2.30. The third-order valence-electron chi connectivity index (χ3n) is 9.96. The second-order valence-electron chi connectivity index (χ2n) is 12.7. The lowest BCUT2D eigenvalue weighted by molar-refractivity contribution is 0.648. The van der Waals surface area contributed by atoms with Gasteiger partial charge < -0.3 is 0 Å². The van der Waals surface area contributed by atoms with E-state index in [1.54, 1.807) is 0 Å². The van der Waals surface area contributed by atoms with Crippen LogP contribution in [0.1, 0.15) is 0 Å². The normalized spacial score (nSPS) is 15.1. The number of hydrogen-bond donors (Lipinski definition) is 0. The summed E-state index contributed by atoms with van der Waals surface area (Å²) in [6, 6.07) is 55.8. The van der Waals surface area contributed by atoms with Crippen LogP contribution in [0.2, 0.25) is 0 Å². The molecule has 0 bridgehead atoms. The van der Waals surface area contributed by atoms with E-state index in [9.17, 15) is 0 Å². The summed E-state index contributed by atoms with van der Waals surface area (Å²) in [4.78, 5) is 14.9. The highest BCUT2D eigenvalue weighted by Gasteiger charge is 2.45. The van der Waals surface area contributed by atoms with Crippen molar-refractivity contribution >= 4 is 59.3 Å². The topological polar surface area (TPSA) is 38.7 Å². The first-order valence-electron chi connectivity index (χ1n) is 16.5. The second-order valence-corrected chi connectivity index (χ2v) is 13.7. The summed E-state index contributed by atoms with van der Waals surface area (Å²) >= 11 is 1.91. The van der Waals surface area contributed by atoms with Crippen LogP contribution < -0.4 is 4.48 Å². The van der Waals surface area contributed by atoms with Crippen LogP contribution in [0.15, 0.2) is 158 Å². The van der Waals surface area contributed by atoms with Crippen LogP contribution in [-0.4, -0.2) is 22.0 Å². The molecule has 2 aromatic heterocycles. The van der Waals surface area contributed by atoms with Crippen molar-refractivity contribution in [2.75, 3.05) is 7.05 Å². The molecule has 0 saturated carbocycles. The zero-order valence-corrected chi connectivity index (χ0v) is 27.5. The molecule has 0 saturated heterocycles. The van der Waals surface area contributed by atoms with E-state index in [0.717, 1.165) is 16.7 Å². The highest BCUT2D eigenvalue weighted by molar-refractivity contribution is 7.26. The number of nitrogens with zero attached hydrogens (tertiary/aromatic N) is 4. The van der Waals surface area contributed by atoms with Gasteiger partial charge in [-0.25, -0.2) is 19.4 Å². The summed E-state index contributed by atoms with van der Waals surface area (Å²) in [5.41, 5.74) is 9.28. The van der Waals surface area contributed by atoms with Gasteiger partial charge in [0.25, 0.3) is 0 Å². The van der Waals surface area contributed by atoms with Crippen LogP contribution in [0, 0.1) is 0 Å². The van der Waals surface area contributed by atoms with Gasteiger partial charge in [-0.3, -0.25) is 0 Å². The maximum absolute atomic E-state index is 4.99. The van der Waals surface area contributed by atoms with Crippen LogP contribution in [0.5, 0.6) is 0 Å². The van der Waals surface area contributed by atoms with Gasteiger partial charge in [-0.15, -0.1) is 11.3 Å². The van der Waals surface area contributed by atoms with Crippen LogP contribution >= 0.6 is 11.3 Å². The first-order valence-corrected chi connectivity index (χ1v) is 17.3. The number of hydrogen-bond acceptors (Lipinski definition) is 4. The number of para-hydroxylation sites is 1. The number of quaternary nitrogens is 1. The average Bonchev–Trinajstić information content (AvgIpc) is 3.70. The Morgan fingerprint density at radius 2 is 0.980 bits per heavy atom. The van der Waals surface area contributed by atoms with E-state index in [-0.39, 0.29) is 0 Å². The van der Waals surface area contributed by atoms with Crippen molar-refractivity contribution in [3.8, 4) is 45.3 Å². The SMILES string of the molecule is C[N+]1(c2ccc(-c3nc(-c4ccccc4)nc(-c4ccccc4)n3)cc2)c2ccccc2-c2c1c1sc3ccccc3c1c1ccccc21. The third-order valence-corrected chi connectivity index (χ3v) is 11.1. The maximum Gasteiger partial charge on any atom is 0.169 e. The molecule has 230 valence electrons. The fourth-order valence-electron chi connectivity index (χ4n) is 7.65. The van der Waals surface area contributed by atoms with E-state index in [0.29, 0.717) is 22.0 Å². The third kappa shape index (κ3) is 4.16. The maximum atomic E-state index is 4.99. The van der Waals surface area contributed by atoms with Crippen LogP contribution in [0.3, 0.4) is 0 Å². The fourth-order valence-corrected chi connectivity index (χ4v) is 9.00. The van der Waals surface area contributed by atoms with E-state index in [1.807, 2.05) is 72.0 Å². The Hall–Kier alpha value is -6.01. The van der Waals surface area contributed by atoms with E-state index < -0.39 is 0 Å². The van der Waals surface area contributed by atoms with Crippen molar-refractivity contribution in [1.82, 2.24) is 19.4 Å². The summed E-state index contributed by atoms with van der Waals surface area (Å²) in [5, 5.41) is 5.27. The van der Waals surface area contributed by atoms with Gasteiger partial charge in [0, 0.05) is 50.4 Å². The molecule has 1 unspecified atom stereocenters. The van der Waals surface area contributed by atoms with Gasteiger partial charge in [0.1, 0.15) is 5.69 Å². The van der Waals surface area contributed by atoms with Gasteiger partial charge in [0.2, 0.25) is 0 Å². The Morgan fingerprint density at radius 3 is 1.63 bits per heavy atom. The standard InChI is InChI=1S/C44H29N4S/c1-48(31-26-24-30(25-27-31)44-46-42(28-14-4-2-5-15-28)45-43(47-44)29-16-6-3-7-17-29)36-22-12-10-20-34(36)38-32-18-8-9-19-33(32)39-35-21-11-13-23-37(35)49-41(39)40(38)48/h2-27H,1H3/q+1. The summed E-state index contributed by atoms with van der Waals surface area (Å²) in [6.07, 6.45) is 0. The average molecular weight is 646 g/mol. The predicted molar refractivity (Wildman–Crippen MR) is 205 cm³/mol. The van der Waals surface area contributed by atoms with Gasteiger partial charge in [-0.2, -0.15) is 0 Å². The quantitative estimate of drug-likeness (QED) is 0.179. The Balaban J connectivity index is 1.19. The molecule has 4 nitrogen and oxygen atoms in total. The molecule has 0 spiro atoms. The Morgan fingerprint density at radius 1 is 0.469 bits per heavy atom. The molecule has 5 heteroatoms. The van der Waals surface area contributed by atoms with Crippen molar-refractivity contribution in [2.45, 2.75) is 0 Å². The van der Waals surface area contributed by atoms with Gasteiger partial charge >= 0.3 is 0 Å². The van der Waals surface area contributed by atoms with Gasteiger partial charge in [-0.05, 0) is 35.0 Å². The van der Waals surface area contributed by atoms with Gasteiger partial charge in [-0.1, -0.05) is 115 Å². The number of benzene rings is 7. The molecule has 10 rings (SSSR count). The molecule has 7 aromatic carbocycles. The van der Waals surface area contributed by atoms with Crippen molar-refractivity contribution in [1.29, 1.82) is 0 Å². The van der Waals surface area contributed by atoms with Gasteiger partial charge in [0.05, 0.1) is 22.9 Å². The summed E-state index contributed by atoms with van der Waals surface area (Å²) in [5.74, 6) is 1.98. The predicted octanol–water partition coefficient (Wildman–Crippen LogP) is 12.0. The van der Waals surface area contributed by atoms with Crippen molar-refractivity contribution in [3.05, 3.63) is 158 Å². The molecule has 0 amide bonds. The minimum Gasteiger partial charge on any atom is -0.227 e. The lowest BCUT2D eigenvalue weighted by Crippen LogP contribution is -2.31. The molecule has 0 radical (unpaired) electrons. The highest BCUT2D eigenvalue weighted by Crippen LogP contribution is 2.62. The Labute approximate surface area is 287 Å². The molecule has 1 aliphatic heterocycles. The minimum atomic E-state index is 0.571. The Bertz CT molecular complexity index is 2660. The van der Waals surface area contributed by atoms with Gasteiger partial charge in [0.15, 0.2) is 28.8 Å². The van der Waals surface area contributed by atoms with E-state index in [1.165, 1.54) is 59.1 Å². The number of aromatic nitrogens is 3. The summed E-state index contributed by atoms with van der Waals surface area (Å²) < 4.78 is 3.23. The first-order chi connectivity index (χ1) is 24.2. The van der Waals surface area contributed by atoms with Crippen molar-refractivity contribution < 1.29 is 0 Å². The Kier molecular flexibility index (Phi) is 6.16. The molecule has 0 N–H and O–H groups in total. The van der Waals surface area contributed by atoms with Crippen molar-refractivity contribution in [2.24, 2.45) is 0 Å². The van der Waals surface area contributed by atoms with E-state index >= 15 is 0 Å². The fraction of sp³-hybridized carbons (Fsp3) is 0.0227. The molecule has 0 fully saturated rings. The van der Waals surface area contributed by atoms with Crippen molar-refractivity contribution in [3.63, 3.8) is 0 Å². The molecule has 1 aliphatic rings. The molecule has 0 aliphatic carbocycles. The monoisotopic (exact) mass is 645 g/mol. The largest absolute Gasteiger partial charge is 0.227 e. The zero-order chi connectivity index (χ0) is 32.5. The highest BCUT2D eigenvalue weighted by atomic mass is 32.1. The molecule has 49 heavy (non-hydrogen) atoms. The second kappa shape index (κ2) is 10.8. The summed E-state index contributed by atoms with van der Waals surface area (Å²) in [7, 11) is 2.35. The van der Waals surface area contributed by atoms with Crippen LogP contribution in [0.4, 0.5) is 17.1 Å². The molecule has 3 heterocycles.